The molecular weight excluding hydrogens is 302 g/mol. The normalized spacial score (nSPS) is 14.0. The first-order chi connectivity index (χ1) is 11.0. The van der Waals surface area contributed by atoms with Crippen molar-refractivity contribution in [3.05, 3.63) is 38.2 Å². The van der Waals surface area contributed by atoms with Gasteiger partial charge in [-0.1, -0.05) is 0 Å². The lowest BCUT2D eigenvalue weighted by Gasteiger charge is -2.18. The smallest absolute Gasteiger partial charge is 0.333 e. The minimum absolute atomic E-state index is 0.0842. The monoisotopic (exact) mass is 317 g/mol. The van der Waals surface area contributed by atoms with Crippen LogP contribution < -0.4 is 11.2 Å². The fraction of sp³-hybridized carbons (Fsp3) is 0.400. The second-order valence-corrected chi connectivity index (χ2v) is 5.44. The van der Waals surface area contributed by atoms with Crippen molar-refractivity contribution in [3.63, 3.8) is 0 Å². The predicted molar refractivity (Wildman–Crippen MR) is 80.8 cm³/mol. The summed E-state index contributed by atoms with van der Waals surface area (Å²) in [6.07, 6.45) is 2.96. The van der Waals surface area contributed by atoms with Crippen molar-refractivity contribution in [2.45, 2.75) is 39.3 Å². The molecule has 0 spiro atoms. The first kappa shape index (κ1) is 15.1. The molecule has 0 aliphatic heterocycles. The summed E-state index contributed by atoms with van der Waals surface area (Å²) in [5.74, 6) is -1.36. The van der Waals surface area contributed by atoms with Crippen LogP contribution in [0, 0.1) is 0 Å². The second kappa shape index (κ2) is 5.45. The Balaban J connectivity index is 2.49. The molecule has 0 radical (unpaired) electrons. The van der Waals surface area contributed by atoms with Gasteiger partial charge in [-0.15, -0.1) is 0 Å². The third kappa shape index (κ3) is 2.26. The number of carbonyl (C=O) groups is 2. The lowest BCUT2D eigenvalue weighted by atomic mass is 9.90. The van der Waals surface area contributed by atoms with Gasteiger partial charge in [0.15, 0.2) is 5.78 Å². The van der Waals surface area contributed by atoms with Crippen LogP contribution in [-0.2, 0) is 24.3 Å². The Kier molecular flexibility index (Phi) is 3.59. The van der Waals surface area contributed by atoms with Gasteiger partial charge in [0.25, 0.3) is 5.56 Å². The molecule has 1 aliphatic rings. The molecule has 0 atom stereocenters. The summed E-state index contributed by atoms with van der Waals surface area (Å²) in [5, 5.41) is 9.13. The predicted octanol–water partition coefficient (Wildman–Crippen LogP) is 0.182. The van der Waals surface area contributed by atoms with Crippen molar-refractivity contribution in [2.24, 2.45) is 0 Å². The summed E-state index contributed by atoms with van der Waals surface area (Å²) in [6, 6.07) is 0. The Bertz CT molecular complexity index is 954. The van der Waals surface area contributed by atoms with Gasteiger partial charge in [0.2, 0.25) is 0 Å². The van der Waals surface area contributed by atoms with Crippen LogP contribution in [0.2, 0.25) is 0 Å². The van der Waals surface area contributed by atoms with E-state index in [1.165, 1.54) is 10.8 Å². The Labute approximate surface area is 130 Å². The molecule has 3 rings (SSSR count). The Hall–Kier alpha value is -2.77. The van der Waals surface area contributed by atoms with E-state index in [-0.39, 0.29) is 23.4 Å². The van der Waals surface area contributed by atoms with Gasteiger partial charge in [0, 0.05) is 24.7 Å². The molecule has 0 bridgehead atoms. The molecule has 2 aromatic rings. The molecule has 1 N–H and O–H groups in total. The highest BCUT2D eigenvalue weighted by atomic mass is 16.4. The molecule has 0 aromatic carbocycles. The number of ketones is 1. The van der Waals surface area contributed by atoms with E-state index in [4.69, 9.17) is 5.11 Å². The number of rotatable bonds is 3. The maximum absolute atomic E-state index is 12.7. The minimum Gasteiger partial charge on any atom is -0.480 e. The highest BCUT2D eigenvalue weighted by Gasteiger charge is 2.25. The van der Waals surface area contributed by atoms with Crippen molar-refractivity contribution in [1.29, 1.82) is 0 Å². The highest BCUT2D eigenvalue weighted by molar-refractivity contribution is 6.01. The molecule has 8 nitrogen and oxygen atoms in total. The van der Waals surface area contributed by atoms with E-state index in [1.807, 2.05) is 0 Å². The fourth-order valence-corrected chi connectivity index (χ4v) is 3.05. The van der Waals surface area contributed by atoms with Crippen LogP contribution in [-0.4, -0.2) is 31.0 Å². The van der Waals surface area contributed by atoms with Crippen molar-refractivity contribution < 1.29 is 14.7 Å². The van der Waals surface area contributed by atoms with Gasteiger partial charge < -0.3 is 5.11 Å². The number of pyridine rings is 1. The van der Waals surface area contributed by atoms with Gasteiger partial charge in [0.05, 0.1) is 5.39 Å². The lowest BCUT2D eigenvalue weighted by molar-refractivity contribution is -0.137. The summed E-state index contributed by atoms with van der Waals surface area (Å²) < 4.78 is 1.95. The number of fused-ring (bicyclic) bond motifs is 3. The average molecular weight is 317 g/mol. The largest absolute Gasteiger partial charge is 0.480 e. The van der Waals surface area contributed by atoms with Crippen LogP contribution >= 0.6 is 0 Å². The van der Waals surface area contributed by atoms with Crippen LogP contribution in [0.5, 0.6) is 0 Å². The van der Waals surface area contributed by atoms with E-state index in [0.29, 0.717) is 35.0 Å². The third-order valence-electron chi connectivity index (χ3n) is 4.08. The van der Waals surface area contributed by atoms with Gasteiger partial charge in [0.1, 0.15) is 12.2 Å². The zero-order chi connectivity index (χ0) is 16.7. The lowest BCUT2D eigenvalue weighted by Crippen LogP contribution is -2.42. The molecule has 120 valence electrons. The number of carboxylic acids is 1. The van der Waals surface area contributed by atoms with Crippen molar-refractivity contribution >= 4 is 22.8 Å². The Morgan fingerprint density at radius 1 is 1.26 bits per heavy atom. The molecule has 0 unspecified atom stereocenters. The van der Waals surface area contributed by atoms with Crippen molar-refractivity contribution in [3.8, 4) is 0 Å². The first-order valence-corrected chi connectivity index (χ1v) is 7.36. The zero-order valence-corrected chi connectivity index (χ0v) is 12.5. The third-order valence-corrected chi connectivity index (χ3v) is 4.08. The Morgan fingerprint density at radius 2 is 2.00 bits per heavy atom. The number of aromatic nitrogens is 3. The quantitative estimate of drug-likeness (QED) is 0.864. The molecule has 2 aromatic heterocycles. The first-order valence-electron chi connectivity index (χ1n) is 7.36. The van der Waals surface area contributed by atoms with E-state index in [1.54, 1.807) is 6.92 Å². The zero-order valence-electron chi connectivity index (χ0n) is 12.5. The molecule has 0 fully saturated rings. The molecule has 2 heterocycles. The molecule has 1 aliphatic carbocycles. The number of hydrogen-bond donors (Lipinski definition) is 1. The van der Waals surface area contributed by atoms with Crippen LogP contribution in [0.3, 0.4) is 0 Å². The number of aryl methyl sites for hydroxylation is 2. The van der Waals surface area contributed by atoms with E-state index in [9.17, 15) is 19.2 Å². The summed E-state index contributed by atoms with van der Waals surface area (Å²) in [4.78, 5) is 52.1. The average Bonchev–Trinajstić information content (AvgIpc) is 2.51. The maximum atomic E-state index is 12.7. The highest BCUT2D eigenvalue weighted by Crippen LogP contribution is 2.25. The van der Waals surface area contributed by atoms with Crippen LogP contribution in [0.1, 0.15) is 35.7 Å². The molecule has 23 heavy (non-hydrogen) atoms. The number of carboxylic acid groups (broad SMARTS) is 1. The van der Waals surface area contributed by atoms with Gasteiger partial charge in [-0.25, -0.2) is 14.3 Å². The van der Waals surface area contributed by atoms with Crippen LogP contribution in [0.25, 0.3) is 11.0 Å². The summed E-state index contributed by atoms with van der Waals surface area (Å²) in [6.45, 7) is 1.24. The number of Topliss-reactive ketones (excluding diaryl/α,β-unsaturated/α-hetero) is 1. The van der Waals surface area contributed by atoms with Gasteiger partial charge in [-0.05, 0) is 25.3 Å². The molecule has 0 amide bonds. The standard InChI is InChI=1S/C15H15N3O5/c1-2-17-13-12(14(22)18(15(17)23)7-11(20)21)8-4-3-5-10(19)9(8)6-16-13/h6H,2-5,7H2,1H3,(H,20,21). The number of hydrogen-bond acceptors (Lipinski definition) is 5. The van der Waals surface area contributed by atoms with E-state index < -0.39 is 23.8 Å². The summed E-state index contributed by atoms with van der Waals surface area (Å²) in [7, 11) is 0. The SMILES string of the molecule is CCn1c(=O)n(CC(=O)O)c(=O)c2c3c(cnc21)C(=O)CCC3. The second-order valence-electron chi connectivity index (χ2n) is 5.44. The summed E-state index contributed by atoms with van der Waals surface area (Å²) >= 11 is 0. The van der Waals surface area contributed by atoms with Gasteiger partial charge >= 0.3 is 11.7 Å². The molecule has 8 heteroatoms. The van der Waals surface area contributed by atoms with E-state index in [0.717, 1.165) is 0 Å². The fourth-order valence-electron chi connectivity index (χ4n) is 3.05. The number of nitrogens with zero attached hydrogens (tertiary/aromatic N) is 3. The van der Waals surface area contributed by atoms with E-state index >= 15 is 0 Å². The van der Waals surface area contributed by atoms with Gasteiger partial charge in [-0.3, -0.25) is 19.0 Å². The van der Waals surface area contributed by atoms with Crippen molar-refractivity contribution in [2.75, 3.05) is 0 Å². The number of aliphatic carboxylic acids is 1. The van der Waals surface area contributed by atoms with Crippen LogP contribution in [0.15, 0.2) is 15.8 Å². The molecular formula is C15H15N3O5. The Morgan fingerprint density at radius 3 is 2.65 bits per heavy atom. The molecule has 0 saturated carbocycles. The van der Waals surface area contributed by atoms with Crippen molar-refractivity contribution in [1.82, 2.24) is 14.1 Å². The minimum atomic E-state index is -1.28. The maximum Gasteiger partial charge on any atom is 0.333 e. The molecule has 0 saturated heterocycles. The topological polar surface area (TPSA) is 111 Å². The van der Waals surface area contributed by atoms with E-state index in [2.05, 4.69) is 4.98 Å². The summed E-state index contributed by atoms with van der Waals surface area (Å²) in [5.41, 5.74) is -0.239. The van der Waals surface area contributed by atoms with Crippen LogP contribution in [0.4, 0.5) is 0 Å². The number of carbonyl (C=O) groups excluding carboxylic acids is 1. The van der Waals surface area contributed by atoms with Gasteiger partial charge in [-0.2, -0.15) is 0 Å².